The SMILES string of the molecule is COc1ccc(F)cc1CN(CC(=O)O)c1ccccc1. The van der Waals surface area contributed by atoms with Crippen LogP contribution in [0.15, 0.2) is 48.5 Å². The minimum Gasteiger partial charge on any atom is -0.496 e. The maximum atomic E-state index is 13.4. The third-order valence-electron chi connectivity index (χ3n) is 3.05. The second-order valence-corrected chi connectivity index (χ2v) is 4.54. The normalized spacial score (nSPS) is 10.2. The number of hydrogen-bond donors (Lipinski definition) is 1. The van der Waals surface area contributed by atoms with E-state index in [1.54, 1.807) is 4.90 Å². The van der Waals surface area contributed by atoms with Crippen molar-refractivity contribution in [2.75, 3.05) is 18.6 Å². The molecule has 2 aromatic carbocycles. The van der Waals surface area contributed by atoms with E-state index >= 15 is 0 Å². The van der Waals surface area contributed by atoms with Crippen molar-refractivity contribution >= 4 is 11.7 Å². The van der Waals surface area contributed by atoms with Crippen LogP contribution in [0, 0.1) is 5.82 Å². The second kappa shape index (κ2) is 6.74. The number of aliphatic carboxylic acids is 1. The number of para-hydroxylation sites is 1. The van der Waals surface area contributed by atoms with Crippen molar-refractivity contribution in [3.8, 4) is 5.75 Å². The summed E-state index contributed by atoms with van der Waals surface area (Å²) in [5, 5.41) is 9.06. The second-order valence-electron chi connectivity index (χ2n) is 4.54. The third kappa shape index (κ3) is 3.95. The predicted molar refractivity (Wildman–Crippen MR) is 78.1 cm³/mol. The number of rotatable bonds is 6. The van der Waals surface area contributed by atoms with Crippen molar-refractivity contribution in [2.45, 2.75) is 6.54 Å². The lowest BCUT2D eigenvalue weighted by molar-refractivity contribution is -0.135. The maximum absolute atomic E-state index is 13.4. The summed E-state index contributed by atoms with van der Waals surface area (Å²) in [6, 6.07) is 13.3. The molecule has 0 aromatic heterocycles. The van der Waals surface area contributed by atoms with E-state index in [-0.39, 0.29) is 18.9 Å². The molecule has 0 unspecified atom stereocenters. The van der Waals surface area contributed by atoms with Gasteiger partial charge in [-0.15, -0.1) is 0 Å². The van der Waals surface area contributed by atoms with Gasteiger partial charge in [-0.05, 0) is 30.3 Å². The molecule has 21 heavy (non-hydrogen) atoms. The fourth-order valence-electron chi connectivity index (χ4n) is 2.12. The summed E-state index contributed by atoms with van der Waals surface area (Å²) in [6.45, 7) is 0.0704. The van der Waals surface area contributed by atoms with Gasteiger partial charge in [-0.3, -0.25) is 4.79 Å². The molecular weight excluding hydrogens is 273 g/mol. The Kier molecular flexibility index (Phi) is 4.77. The van der Waals surface area contributed by atoms with Gasteiger partial charge in [0.15, 0.2) is 0 Å². The number of hydrogen-bond acceptors (Lipinski definition) is 3. The number of benzene rings is 2. The molecule has 4 nitrogen and oxygen atoms in total. The van der Waals surface area contributed by atoms with Crippen molar-refractivity contribution in [1.29, 1.82) is 0 Å². The van der Waals surface area contributed by atoms with Gasteiger partial charge < -0.3 is 14.7 Å². The van der Waals surface area contributed by atoms with Crippen LogP contribution in [0.2, 0.25) is 0 Å². The van der Waals surface area contributed by atoms with Crippen LogP contribution in [-0.4, -0.2) is 24.7 Å². The fourth-order valence-corrected chi connectivity index (χ4v) is 2.12. The number of carboxylic acids is 1. The minimum atomic E-state index is -0.950. The molecule has 2 aromatic rings. The van der Waals surface area contributed by atoms with E-state index < -0.39 is 5.97 Å². The summed E-state index contributed by atoms with van der Waals surface area (Å²) in [5.41, 5.74) is 1.36. The zero-order valence-electron chi connectivity index (χ0n) is 11.6. The molecule has 0 saturated heterocycles. The van der Waals surface area contributed by atoms with Gasteiger partial charge in [0.25, 0.3) is 0 Å². The van der Waals surface area contributed by atoms with Crippen LogP contribution >= 0.6 is 0 Å². The van der Waals surface area contributed by atoms with Crippen molar-refractivity contribution < 1.29 is 19.0 Å². The van der Waals surface area contributed by atoms with Gasteiger partial charge >= 0.3 is 5.97 Å². The number of ether oxygens (including phenoxy) is 1. The molecule has 5 heteroatoms. The average molecular weight is 289 g/mol. The van der Waals surface area contributed by atoms with Crippen molar-refractivity contribution in [3.63, 3.8) is 0 Å². The largest absolute Gasteiger partial charge is 0.496 e. The van der Waals surface area contributed by atoms with Crippen molar-refractivity contribution in [3.05, 3.63) is 59.9 Å². The number of anilines is 1. The van der Waals surface area contributed by atoms with Gasteiger partial charge in [-0.2, -0.15) is 0 Å². The summed E-state index contributed by atoms with van der Waals surface area (Å²) in [6.07, 6.45) is 0. The van der Waals surface area contributed by atoms with Gasteiger partial charge in [0.05, 0.1) is 7.11 Å². The molecule has 0 fully saturated rings. The number of halogens is 1. The molecule has 1 N–H and O–H groups in total. The lowest BCUT2D eigenvalue weighted by Gasteiger charge is -2.24. The Balaban J connectivity index is 2.31. The van der Waals surface area contributed by atoms with E-state index in [9.17, 15) is 9.18 Å². The zero-order valence-corrected chi connectivity index (χ0v) is 11.6. The summed E-state index contributed by atoms with van der Waals surface area (Å²) >= 11 is 0. The number of carboxylic acid groups (broad SMARTS) is 1. The molecule has 0 radical (unpaired) electrons. The summed E-state index contributed by atoms with van der Waals surface area (Å²) in [4.78, 5) is 12.7. The van der Waals surface area contributed by atoms with E-state index in [2.05, 4.69) is 0 Å². The lowest BCUT2D eigenvalue weighted by Crippen LogP contribution is -2.29. The fraction of sp³-hybridized carbons (Fsp3) is 0.188. The molecule has 0 atom stereocenters. The molecule has 0 amide bonds. The highest BCUT2D eigenvalue weighted by Crippen LogP contribution is 2.24. The standard InChI is InChI=1S/C16H16FNO3/c1-21-15-8-7-13(17)9-12(15)10-18(11-16(19)20)14-5-3-2-4-6-14/h2-9H,10-11H2,1H3,(H,19,20). The van der Waals surface area contributed by atoms with Crippen LogP contribution in [0.25, 0.3) is 0 Å². The molecule has 0 saturated carbocycles. The molecule has 0 heterocycles. The highest BCUT2D eigenvalue weighted by atomic mass is 19.1. The number of carbonyl (C=O) groups is 1. The molecule has 0 aliphatic carbocycles. The first-order chi connectivity index (χ1) is 10.1. The molecule has 0 bridgehead atoms. The first-order valence-electron chi connectivity index (χ1n) is 6.44. The average Bonchev–Trinajstić information content (AvgIpc) is 2.47. The first kappa shape index (κ1) is 14.8. The number of methoxy groups -OCH3 is 1. The van der Waals surface area contributed by atoms with Gasteiger partial charge in [0.1, 0.15) is 18.1 Å². The Morgan fingerprint density at radius 1 is 1.24 bits per heavy atom. The van der Waals surface area contributed by atoms with Crippen LogP contribution in [0.3, 0.4) is 0 Å². The van der Waals surface area contributed by atoms with Crippen molar-refractivity contribution in [2.24, 2.45) is 0 Å². The van der Waals surface area contributed by atoms with Gasteiger partial charge in [0.2, 0.25) is 0 Å². The molecule has 0 aliphatic rings. The van der Waals surface area contributed by atoms with Crippen molar-refractivity contribution in [1.82, 2.24) is 0 Å². The van der Waals surface area contributed by atoms with Gasteiger partial charge in [-0.1, -0.05) is 18.2 Å². The van der Waals surface area contributed by atoms with E-state index in [1.165, 1.54) is 25.3 Å². The van der Waals surface area contributed by atoms with Crippen LogP contribution < -0.4 is 9.64 Å². The minimum absolute atomic E-state index is 0.177. The zero-order chi connectivity index (χ0) is 15.2. The van der Waals surface area contributed by atoms with Crippen LogP contribution in [0.4, 0.5) is 10.1 Å². The summed E-state index contributed by atoms with van der Waals surface area (Å²) < 4.78 is 18.6. The Hall–Kier alpha value is -2.56. The summed E-state index contributed by atoms with van der Waals surface area (Å²) in [5.74, 6) is -0.800. The van der Waals surface area contributed by atoms with E-state index in [1.807, 2.05) is 30.3 Å². The van der Waals surface area contributed by atoms with Gasteiger partial charge in [0, 0.05) is 17.8 Å². The maximum Gasteiger partial charge on any atom is 0.323 e. The first-order valence-corrected chi connectivity index (χ1v) is 6.44. The van der Waals surface area contributed by atoms with Crippen LogP contribution in [0.1, 0.15) is 5.56 Å². The quantitative estimate of drug-likeness (QED) is 0.888. The topological polar surface area (TPSA) is 49.8 Å². The molecule has 0 spiro atoms. The third-order valence-corrected chi connectivity index (χ3v) is 3.05. The highest BCUT2D eigenvalue weighted by molar-refractivity contribution is 5.73. The number of nitrogens with zero attached hydrogens (tertiary/aromatic N) is 1. The van der Waals surface area contributed by atoms with Crippen LogP contribution in [-0.2, 0) is 11.3 Å². The molecule has 110 valence electrons. The summed E-state index contributed by atoms with van der Waals surface area (Å²) in [7, 11) is 1.50. The molecular formula is C16H16FNO3. The molecule has 2 rings (SSSR count). The molecule has 0 aliphatic heterocycles. The lowest BCUT2D eigenvalue weighted by atomic mass is 10.1. The van der Waals surface area contributed by atoms with Crippen LogP contribution in [0.5, 0.6) is 5.75 Å². The van der Waals surface area contributed by atoms with E-state index in [0.29, 0.717) is 11.3 Å². The van der Waals surface area contributed by atoms with E-state index in [0.717, 1.165) is 5.69 Å². The van der Waals surface area contributed by atoms with E-state index in [4.69, 9.17) is 9.84 Å². The Labute approximate surface area is 122 Å². The smallest absolute Gasteiger partial charge is 0.323 e. The van der Waals surface area contributed by atoms with Gasteiger partial charge in [-0.25, -0.2) is 4.39 Å². The Bertz CT molecular complexity index is 616. The Morgan fingerprint density at radius 2 is 1.95 bits per heavy atom. The predicted octanol–water partition coefficient (Wildman–Crippen LogP) is 2.93. The Morgan fingerprint density at radius 3 is 2.57 bits per heavy atom. The monoisotopic (exact) mass is 289 g/mol. The highest BCUT2D eigenvalue weighted by Gasteiger charge is 2.14.